The molecule has 4 heteroatoms. The molecule has 11 heavy (non-hydrogen) atoms. The highest BCUT2D eigenvalue weighted by molar-refractivity contribution is 6.03. The number of nitrogens with two attached hydrogens (primary N) is 1. The highest BCUT2D eigenvalue weighted by atomic mass is 16.2. The number of rotatable bonds is 2. The van der Waals surface area contributed by atoms with E-state index in [9.17, 15) is 9.59 Å². The van der Waals surface area contributed by atoms with Crippen LogP contribution in [0.15, 0.2) is 24.4 Å². The lowest BCUT2D eigenvalue weighted by atomic mass is 9.99. The molecule has 0 saturated heterocycles. The Bertz CT molecular complexity index is 245. The lowest BCUT2D eigenvalue weighted by Crippen LogP contribution is -2.54. The number of amides is 1. The summed E-state index contributed by atoms with van der Waals surface area (Å²) in [6.07, 6.45) is 6.66. The number of nitrogens with one attached hydrogen (secondary N) is 1. The van der Waals surface area contributed by atoms with E-state index in [1.807, 2.05) is 0 Å². The SMILES string of the molecule is NC(=O)C1(C=O)C=CC=CN1. The van der Waals surface area contributed by atoms with Gasteiger partial charge in [0.2, 0.25) is 0 Å². The largest absolute Gasteiger partial charge is 0.368 e. The van der Waals surface area contributed by atoms with E-state index in [1.165, 1.54) is 12.3 Å². The standard InChI is InChI=1S/C7H8N2O2/c8-6(11)7(5-10)3-1-2-4-9-7/h1-5,9H,(H2,8,11). The summed E-state index contributed by atoms with van der Waals surface area (Å²) in [4.78, 5) is 21.2. The van der Waals surface area contributed by atoms with Crippen LogP contribution in [0, 0.1) is 0 Å². The summed E-state index contributed by atoms with van der Waals surface area (Å²) in [7, 11) is 0. The molecular formula is C7H8N2O2. The van der Waals surface area contributed by atoms with Crippen molar-refractivity contribution >= 4 is 12.2 Å². The van der Waals surface area contributed by atoms with Gasteiger partial charge >= 0.3 is 0 Å². The fourth-order valence-electron chi connectivity index (χ4n) is 0.782. The number of carbonyl (C=O) groups is 2. The van der Waals surface area contributed by atoms with Gasteiger partial charge in [0.05, 0.1) is 0 Å². The molecule has 4 nitrogen and oxygen atoms in total. The number of carbonyl (C=O) groups excluding carboxylic acids is 2. The van der Waals surface area contributed by atoms with Crippen molar-refractivity contribution in [3.05, 3.63) is 24.4 Å². The summed E-state index contributed by atoms with van der Waals surface area (Å²) in [5, 5.41) is 2.57. The molecular weight excluding hydrogens is 144 g/mol. The van der Waals surface area contributed by atoms with E-state index in [4.69, 9.17) is 5.73 Å². The van der Waals surface area contributed by atoms with Crippen LogP contribution in [0.25, 0.3) is 0 Å². The van der Waals surface area contributed by atoms with Gasteiger partial charge in [0.15, 0.2) is 11.8 Å². The Morgan fingerprint density at radius 1 is 1.55 bits per heavy atom. The minimum absolute atomic E-state index is 0.481. The number of primary amides is 1. The second-order valence-corrected chi connectivity index (χ2v) is 2.21. The van der Waals surface area contributed by atoms with Crippen molar-refractivity contribution in [2.45, 2.75) is 5.54 Å². The molecule has 1 rings (SSSR count). The smallest absolute Gasteiger partial charge is 0.254 e. The van der Waals surface area contributed by atoms with Crippen LogP contribution in [-0.4, -0.2) is 17.7 Å². The molecule has 58 valence electrons. The van der Waals surface area contributed by atoms with E-state index in [0.717, 1.165) is 0 Å². The molecule has 1 amide bonds. The van der Waals surface area contributed by atoms with Crippen LogP contribution in [-0.2, 0) is 9.59 Å². The molecule has 0 radical (unpaired) electrons. The molecule has 1 unspecified atom stereocenters. The Balaban J connectivity index is 2.94. The maximum absolute atomic E-state index is 10.8. The van der Waals surface area contributed by atoms with Gasteiger partial charge in [-0.1, -0.05) is 6.08 Å². The van der Waals surface area contributed by atoms with Crippen LogP contribution in [0.3, 0.4) is 0 Å². The average molecular weight is 152 g/mol. The fourth-order valence-corrected chi connectivity index (χ4v) is 0.782. The highest BCUT2D eigenvalue weighted by Gasteiger charge is 2.32. The molecule has 1 heterocycles. The summed E-state index contributed by atoms with van der Waals surface area (Å²) < 4.78 is 0. The molecule has 0 aromatic heterocycles. The van der Waals surface area contributed by atoms with Crippen LogP contribution in [0.5, 0.6) is 0 Å². The molecule has 0 saturated carbocycles. The number of hydrogen-bond acceptors (Lipinski definition) is 3. The normalized spacial score (nSPS) is 27.6. The predicted octanol–water partition coefficient (Wildman–Crippen LogP) is -0.918. The fraction of sp³-hybridized carbons (Fsp3) is 0.143. The molecule has 0 aliphatic carbocycles. The van der Waals surface area contributed by atoms with Crippen molar-refractivity contribution in [2.75, 3.05) is 0 Å². The van der Waals surface area contributed by atoms with E-state index in [2.05, 4.69) is 5.32 Å². The topological polar surface area (TPSA) is 72.2 Å². The minimum Gasteiger partial charge on any atom is -0.368 e. The van der Waals surface area contributed by atoms with Gasteiger partial charge in [-0.15, -0.1) is 0 Å². The first-order valence-electron chi connectivity index (χ1n) is 3.09. The zero-order valence-corrected chi connectivity index (χ0v) is 5.78. The highest BCUT2D eigenvalue weighted by Crippen LogP contribution is 2.06. The quantitative estimate of drug-likeness (QED) is 0.397. The molecule has 0 fully saturated rings. The van der Waals surface area contributed by atoms with E-state index >= 15 is 0 Å². The Labute approximate surface area is 63.8 Å². The van der Waals surface area contributed by atoms with Crippen molar-refractivity contribution in [1.29, 1.82) is 0 Å². The monoisotopic (exact) mass is 152 g/mol. The number of aldehydes is 1. The molecule has 0 spiro atoms. The van der Waals surface area contributed by atoms with Gasteiger partial charge in [-0.3, -0.25) is 9.59 Å². The molecule has 1 aliphatic rings. The van der Waals surface area contributed by atoms with Gasteiger partial charge in [-0.2, -0.15) is 0 Å². The van der Waals surface area contributed by atoms with Gasteiger partial charge in [0, 0.05) is 0 Å². The van der Waals surface area contributed by atoms with Crippen LogP contribution in [0.4, 0.5) is 0 Å². The van der Waals surface area contributed by atoms with Crippen molar-refractivity contribution in [2.24, 2.45) is 5.73 Å². The zero-order valence-electron chi connectivity index (χ0n) is 5.78. The predicted molar refractivity (Wildman–Crippen MR) is 39.4 cm³/mol. The van der Waals surface area contributed by atoms with Crippen molar-refractivity contribution in [3.8, 4) is 0 Å². The first-order chi connectivity index (χ1) is 5.21. The van der Waals surface area contributed by atoms with E-state index < -0.39 is 11.4 Å². The molecule has 0 aromatic carbocycles. The Morgan fingerprint density at radius 2 is 2.27 bits per heavy atom. The van der Waals surface area contributed by atoms with Crippen LogP contribution >= 0.6 is 0 Å². The van der Waals surface area contributed by atoms with E-state index in [0.29, 0.717) is 6.29 Å². The van der Waals surface area contributed by atoms with Gasteiger partial charge in [0.1, 0.15) is 0 Å². The lowest BCUT2D eigenvalue weighted by molar-refractivity contribution is -0.127. The van der Waals surface area contributed by atoms with E-state index in [-0.39, 0.29) is 0 Å². The Morgan fingerprint density at radius 3 is 2.55 bits per heavy atom. The Kier molecular flexibility index (Phi) is 1.76. The van der Waals surface area contributed by atoms with Gasteiger partial charge in [-0.25, -0.2) is 0 Å². The summed E-state index contributed by atoms with van der Waals surface area (Å²) in [6, 6.07) is 0. The third-order valence-corrected chi connectivity index (χ3v) is 1.48. The van der Waals surface area contributed by atoms with Gasteiger partial charge in [0.25, 0.3) is 5.91 Å². The molecule has 1 atom stereocenters. The van der Waals surface area contributed by atoms with Gasteiger partial charge < -0.3 is 11.1 Å². The van der Waals surface area contributed by atoms with Crippen molar-refractivity contribution in [1.82, 2.24) is 5.32 Å². The summed E-state index contributed by atoms with van der Waals surface area (Å²) >= 11 is 0. The molecule has 3 N–H and O–H groups in total. The number of hydrogen-bond donors (Lipinski definition) is 2. The van der Waals surface area contributed by atoms with Crippen molar-refractivity contribution in [3.63, 3.8) is 0 Å². The zero-order chi connectivity index (χ0) is 8.32. The third-order valence-electron chi connectivity index (χ3n) is 1.48. The number of dihydropyridines is 1. The lowest BCUT2D eigenvalue weighted by Gasteiger charge is -2.22. The summed E-state index contributed by atoms with van der Waals surface area (Å²) in [5.74, 6) is -0.701. The van der Waals surface area contributed by atoms with Crippen LogP contribution in [0.1, 0.15) is 0 Å². The molecule has 1 aliphatic heterocycles. The first kappa shape index (κ1) is 7.53. The average Bonchev–Trinajstić information content (AvgIpc) is 2.05. The number of allylic oxidation sites excluding steroid dienone is 2. The third kappa shape index (κ3) is 1.14. The van der Waals surface area contributed by atoms with E-state index in [1.54, 1.807) is 12.2 Å². The van der Waals surface area contributed by atoms with Crippen LogP contribution < -0.4 is 11.1 Å². The second-order valence-electron chi connectivity index (χ2n) is 2.21. The molecule has 0 aromatic rings. The van der Waals surface area contributed by atoms with Crippen molar-refractivity contribution < 1.29 is 9.59 Å². The maximum Gasteiger partial charge on any atom is 0.254 e. The summed E-state index contributed by atoms with van der Waals surface area (Å²) in [5.41, 5.74) is 3.66. The second kappa shape index (κ2) is 2.57. The minimum atomic E-state index is -1.34. The summed E-state index contributed by atoms with van der Waals surface area (Å²) in [6.45, 7) is 0. The maximum atomic E-state index is 10.8. The first-order valence-corrected chi connectivity index (χ1v) is 3.09. The Hall–Kier alpha value is -1.58. The van der Waals surface area contributed by atoms with Gasteiger partial charge in [-0.05, 0) is 18.4 Å². The molecule has 0 bridgehead atoms. The van der Waals surface area contributed by atoms with Crippen LogP contribution in [0.2, 0.25) is 0 Å².